The van der Waals surface area contributed by atoms with E-state index in [-0.39, 0.29) is 35.2 Å². The molecule has 6 heteroatoms. The maximum absolute atomic E-state index is 13.0. The average Bonchev–Trinajstić information content (AvgIpc) is 2.76. The third kappa shape index (κ3) is 3.10. The molecule has 2 rings (SSSR count). The maximum atomic E-state index is 13.0. The summed E-state index contributed by atoms with van der Waals surface area (Å²) in [6.07, 6.45) is 0.207. The van der Waals surface area contributed by atoms with Crippen LogP contribution in [0.1, 0.15) is 20.3 Å². The van der Waals surface area contributed by atoms with Crippen molar-refractivity contribution in [1.29, 1.82) is 0 Å². The summed E-state index contributed by atoms with van der Waals surface area (Å²) in [4.78, 5) is 25.5. The number of likely N-dealkylation sites (tertiary alicyclic amines) is 1. The fourth-order valence-electron chi connectivity index (χ4n) is 2.22. The predicted octanol–water partition coefficient (Wildman–Crippen LogP) is 2.67. The molecule has 2 amide bonds. The molecule has 0 aromatic heterocycles. The maximum Gasteiger partial charge on any atom is 0.229 e. The summed E-state index contributed by atoms with van der Waals surface area (Å²) in [7, 11) is 0. The number of carbonyl (C=O) groups is 2. The third-order valence-electron chi connectivity index (χ3n) is 3.34. The van der Waals surface area contributed by atoms with Crippen LogP contribution in [0.2, 0.25) is 5.02 Å². The van der Waals surface area contributed by atoms with Gasteiger partial charge in [0.2, 0.25) is 11.8 Å². The Balaban J connectivity index is 2.02. The summed E-state index contributed by atoms with van der Waals surface area (Å²) in [6.45, 7) is 4.24. The molecule has 1 aliphatic heterocycles. The zero-order valence-corrected chi connectivity index (χ0v) is 12.1. The van der Waals surface area contributed by atoms with Gasteiger partial charge in [-0.3, -0.25) is 9.59 Å². The van der Waals surface area contributed by atoms with Crippen molar-refractivity contribution in [2.24, 2.45) is 5.92 Å². The van der Waals surface area contributed by atoms with E-state index in [0.29, 0.717) is 12.2 Å². The summed E-state index contributed by atoms with van der Waals surface area (Å²) in [5.74, 6) is -1.18. The van der Waals surface area contributed by atoms with Crippen molar-refractivity contribution >= 4 is 29.1 Å². The molecule has 0 aliphatic carbocycles. The SMILES string of the molecule is CC(C)N1C[C@@H](C(=O)Nc2ccc(F)c(Cl)c2)CC1=O. The Morgan fingerprint density at radius 2 is 2.20 bits per heavy atom. The van der Waals surface area contributed by atoms with E-state index in [4.69, 9.17) is 11.6 Å². The van der Waals surface area contributed by atoms with Gasteiger partial charge in [-0.05, 0) is 32.0 Å². The van der Waals surface area contributed by atoms with Crippen LogP contribution in [-0.4, -0.2) is 29.3 Å². The molecule has 1 aromatic rings. The summed E-state index contributed by atoms with van der Waals surface area (Å²) in [5.41, 5.74) is 0.428. The molecule has 0 bridgehead atoms. The highest BCUT2D eigenvalue weighted by atomic mass is 35.5. The van der Waals surface area contributed by atoms with Gasteiger partial charge in [0, 0.05) is 24.7 Å². The van der Waals surface area contributed by atoms with Gasteiger partial charge in [0.1, 0.15) is 5.82 Å². The van der Waals surface area contributed by atoms with E-state index in [2.05, 4.69) is 5.32 Å². The van der Waals surface area contributed by atoms with Gasteiger partial charge in [0.15, 0.2) is 0 Å². The molecule has 1 N–H and O–H groups in total. The Bertz CT molecular complexity index is 548. The summed E-state index contributed by atoms with van der Waals surface area (Å²) < 4.78 is 13.0. The third-order valence-corrected chi connectivity index (χ3v) is 3.63. The fraction of sp³-hybridized carbons (Fsp3) is 0.429. The number of amides is 2. The second-order valence-corrected chi connectivity index (χ2v) is 5.57. The van der Waals surface area contributed by atoms with Gasteiger partial charge in [-0.1, -0.05) is 11.6 Å². The number of anilines is 1. The first-order valence-corrected chi connectivity index (χ1v) is 6.81. The molecule has 0 saturated carbocycles. The highest BCUT2D eigenvalue weighted by Gasteiger charge is 2.35. The Labute approximate surface area is 121 Å². The van der Waals surface area contributed by atoms with E-state index in [1.54, 1.807) is 4.90 Å². The number of hydrogen-bond donors (Lipinski definition) is 1. The van der Waals surface area contributed by atoms with Crippen LogP contribution in [-0.2, 0) is 9.59 Å². The van der Waals surface area contributed by atoms with E-state index in [1.165, 1.54) is 18.2 Å². The number of hydrogen-bond acceptors (Lipinski definition) is 2. The molecule has 0 radical (unpaired) electrons. The van der Waals surface area contributed by atoms with Crippen molar-refractivity contribution in [3.8, 4) is 0 Å². The van der Waals surface area contributed by atoms with Crippen LogP contribution in [0, 0.1) is 11.7 Å². The van der Waals surface area contributed by atoms with Gasteiger partial charge < -0.3 is 10.2 Å². The summed E-state index contributed by atoms with van der Waals surface area (Å²) in [5, 5.41) is 2.62. The molecular formula is C14H16ClFN2O2. The molecule has 1 fully saturated rings. The second kappa shape index (κ2) is 5.79. The van der Waals surface area contributed by atoms with Crippen molar-refractivity contribution < 1.29 is 14.0 Å². The Kier molecular flexibility index (Phi) is 4.28. The molecule has 108 valence electrons. The fourth-order valence-corrected chi connectivity index (χ4v) is 2.41. The van der Waals surface area contributed by atoms with Crippen LogP contribution in [0.5, 0.6) is 0 Å². The minimum Gasteiger partial charge on any atom is -0.339 e. The number of halogens is 2. The van der Waals surface area contributed by atoms with Crippen LogP contribution in [0.25, 0.3) is 0 Å². The molecular weight excluding hydrogens is 283 g/mol. The summed E-state index contributed by atoms with van der Waals surface area (Å²) in [6, 6.07) is 4.07. The monoisotopic (exact) mass is 298 g/mol. The first-order chi connectivity index (χ1) is 9.38. The van der Waals surface area contributed by atoms with Crippen LogP contribution in [0.4, 0.5) is 10.1 Å². The van der Waals surface area contributed by atoms with Crippen molar-refractivity contribution in [1.82, 2.24) is 4.90 Å². The highest BCUT2D eigenvalue weighted by molar-refractivity contribution is 6.31. The Morgan fingerprint density at radius 1 is 1.50 bits per heavy atom. The molecule has 20 heavy (non-hydrogen) atoms. The highest BCUT2D eigenvalue weighted by Crippen LogP contribution is 2.23. The quantitative estimate of drug-likeness (QED) is 0.932. The second-order valence-electron chi connectivity index (χ2n) is 5.16. The Hall–Kier alpha value is -1.62. The van der Waals surface area contributed by atoms with Crippen LogP contribution >= 0.6 is 11.6 Å². The molecule has 1 aliphatic rings. The Morgan fingerprint density at radius 3 is 2.75 bits per heavy atom. The number of carbonyl (C=O) groups excluding carboxylic acids is 2. The normalized spacial score (nSPS) is 18.8. The van der Waals surface area contributed by atoms with Gasteiger partial charge in [0.05, 0.1) is 10.9 Å². The van der Waals surface area contributed by atoms with E-state index >= 15 is 0 Å². The lowest BCUT2D eigenvalue weighted by Crippen LogP contribution is -2.33. The number of nitrogens with one attached hydrogen (secondary N) is 1. The van der Waals surface area contributed by atoms with Crippen molar-refractivity contribution in [3.05, 3.63) is 29.0 Å². The van der Waals surface area contributed by atoms with Crippen molar-refractivity contribution in [3.63, 3.8) is 0 Å². The van der Waals surface area contributed by atoms with Gasteiger partial charge in [-0.2, -0.15) is 0 Å². The standard InChI is InChI=1S/C14H16ClFN2O2/c1-8(2)18-7-9(5-13(18)19)14(20)17-10-3-4-12(16)11(15)6-10/h3-4,6,8-9H,5,7H2,1-2H3,(H,17,20)/t9-/m0/s1. The number of rotatable bonds is 3. The lowest BCUT2D eigenvalue weighted by Gasteiger charge is -2.20. The topological polar surface area (TPSA) is 49.4 Å². The molecule has 1 aromatic carbocycles. The van der Waals surface area contributed by atoms with Crippen LogP contribution in [0.15, 0.2) is 18.2 Å². The predicted molar refractivity (Wildman–Crippen MR) is 75.0 cm³/mol. The van der Waals surface area contributed by atoms with E-state index in [0.717, 1.165) is 0 Å². The average molecular weight is 299 g/mol. The lowest BCUT2D eigenvalue weighted by molar-refractivity contribution is -0.129. The minimum atomic E-state index is -0.535. The smallest absolute Gasteiger partial charge is 0.229 e. The van der Waals surface area contributed by atoms with Gasteiger partial charge >= 0.3 is 0 Å². The van der Waals surface area contributed by atoms with Crippen LogP contribution in [0.3, 0.4) is 0 Å². The number of benzene rings is 1. The van der Waals surface area contributed by atoms with Crippen molar-refractivity contribution in [2.75, 3.05) is 11.9 Å². The number of nitrogens with zero attached hydrogens (tertiary/aromatic N) is 1. The lowest BCUT2D eigenvalue weighted by atomic mass is 10.1. The molecule has 1 saturated heterocycles. The molecule has 1 heterocycles. The minimum absolute atomic E-state index is 0.0164. The van der Waals surface area contributed by atoms with Gasteiger partial charge in [-0.25, -0.2) is 4.39 Å². The van der Waals surface area contributed by atoms with E-state index < -0.39 is 5.82 Å². The molecule has 0 unspecified atom stereocenters. The largest absolute Gasteiger partial charge is 0.339 e. The van der Waals surface area contributed by atoms with Crippen LogP contribution < -0.4 is 5.32 Å². The van der Waals surface area contributed by atoms with Gasteiger partial charge in [0.25, 0.3) is 0 Å². The van der Waals surface area contributed by atoms with Crippen molar-refractivity contribution in [2.45, 2.75) is 26.3 Å². The molecule has 4 nitrogen and oxygen atoms in total. The first kappa shape index (κ1) is 14.8. The van der Waals surface area contributed by atoms with Gasteiger partial charge in [-0.15, -0.1) is 0 Å². The van der Waals surface area contributed by atoms with E-state index in [1.807, 2.05) is 13.8 Å². The zero-order chi connectivity index (χ0) is 14.9. The zero-order valence-electron chi connectivity index (χ0n) is 11.3. The summed E-state index contributed by atoms with van der Waals surface area (Å²) >= 11 is 5.66. The van der Waals surface area contributed by atoms with E-state index in [9.17, 15) is 14.0 Å². The molecule has 1 atom stereocenters. The molecule has 0 spiro atoms. The first-order valence-electron chi connectivity index (χ1n) is 6.44.